The van der Waals surface area contributed by atoms with Gasteiger partial charge in [-0.3, -0.25) is 0 Å². The Balaban J connectivity index is 2.02. The van der Waals surface area contributed by atoms with Crippen LogP contribution in [0.25, 0.3) is 33.2 Å². The fourth-order valence-electron chi connectivity index (χ4n) is 2.73. The molecule has 0 fully saturated rings. The average Bonchev–Trinajstić information content (AvgIpc) is 2.90. The number of rotatable bonds is 1. The number of benzene rings is 3. The molecule has 0 radical (unpaired) electrons. The molecule has 102 valence electrons. The maximum Gasteiger partial charge on any atom is 0.139 e. The van der Waals surface area contributed by atoms with Gasteiger partial charge in [-0.2, -0.15) is 0 Å². The highest BCUT2D eigenvalue weighted by molar-refractivity contribution is 6.35. The van der Waals surface area contributed by atoms with Crippen LogP contribution in [0.2, 0.25) is 5.02 Å². The molecule has 0 spiro atoms. The topological polar surface area (TPSA) is 28.7 Å². The molecule has 4 aromatic rings. The van der Waals surface area contributed by atoms with E-state index in [2.05, 4.69) is 36.2 Å². The number of nitrogens with zero attached hydrogens (tertiary/aromatic N) is 1. The van der Waals surface area contributed by atoms with Gasteiger partial charge in [0.15, 0.2) is 0 Å². The Kier molecular flexibility index (Phi) is 2.72. The largest absolute Gasteiger partial charge is 0.338 e. The van der Waals surface area contributed by atoms with Crippen LogP contribution in [0.4, 0.5) is 0 Å². The summed E-state index contributed by atoms with van der Waals surface area (Å²) in [6, 6.07) is 18.3. The monoisotopic (exact) mass is 292 g/mol. The highest BCUT2D eigenvalue weighted by Gasteiger charge is 2.10. The Morgan fingerprint density at radius 1 is 0.952 bits per heavy atom. The van der Waals surface area contributed by atoms with Gasteiger partial charge in [0, 0.05) is 16.0 Å². The van der Waals surface area contributed by atoms with Crippen LogP contribution in [0.1, 0.15) is 5.56 Å². The quantitative estimate of drug-likeness (QED) is 0.503. The highest BCUT2D eigenvalue weighted by atomic mass is 35.5. The van der Waals surface area contributed by atoms with Crippen molar-refractivity contribution in [2.45, 2.75) is 6.92 Å². The average molecular weight is 293 g/mol. The fraction of sp³-hybridized carbons (Fsp3) is 0.0556. The number of H-pyrrole nitrogens is 1. The zero-order valence-electron chi connectivity index (χ0n) is 11.5. The summed E-state index contributed by atoms with van der Waals surface area (Å²) in [5.41, 5.74) is 4.33. The van der Waals surface area contributed by atoms with E-state index in [0.717, 1.165) is 38.2 Å². The third kappa shape index (κ3) is 1.99. The van der Waals surface area contributed by atoms with Crippen molar-refractivity contribution < 1.29 is 0 Å². The van der Waals surface area contributed by atoms with Crippen LogP contribution in [0.15, 0.2) is 54.6 Å². The van der Waals surface area contributed by atoms with Crippen LogP contribution >= 0.6 is 11.6 Å². The predicted octanol–water partition coefficient (Wildman–Crippen LogP) is 5.34. The molecule has 3 heteroatoms. The van der Waals surface area contributed by atoms with Gasteiger partial charge in [0.25, 0.3) is 0 Å². The van der Waals surface area contributed by atoms with Crippen molar-refractivity contribution >= 4 is 33.4 Å². The molecule has 0 atom stereocenters. The van der Waals surface area contributed by atoms with Crippen molar-refractivity contribution in [2.24, 2.45) is 0 Å². The normalized spacial score (nSPS) is 11.3. The Labute approximate surface area is 127 Å². The van der Waals surface area contributed by atoms with E-state index in [-0.39, 0.29) is 0 Å². The van der Waals surface area contributed by atoms with E-state index < -0.39 is 0 Å². The first-order valence-electron chi connectivity index (χ1n) is 6.86. The molecule has 0 aliphatic rings. The van der Waals surface area contributed by atoms with Gasteiger partial charge in [-0.25, -0.2) is 4.98 Å². The molecule has 1 aromatic heterocycles. The van der Waals surface area contributed by atoms with Gasteiger partial charge in [0.1, 0.15) is 5.82 Å². The Bertz CT molecular complexity index is 969. The smallest absolute Gasteiger partial charge is 0.139 e. The summed E-state index contributed by atoms with van der Waals surface area (Å²) in [5.74, 6) is 0.878. The van der Waals surface area contributed by atoms with Crippen LogP contribution in [-0.2, 0) is 0 Å². The van der Waals surface area contributed by atoms with Crippen LogP contribution in [0.3, 0.4) is 0 Å². The van der Waals surface area contributed by atoms with Crippen LogP contribution < -0.4 is 0 Å². The first-order valence-corrected chi connectivity index (χ1v) is 7.24. The summed E-state index contributed by atoms with van der Waals surface area (Å²) >= 11 is 6.29. The molecule has 1 heterocycles. The van der Waals surface area contributed by atoms with Crippen LogP contribution in [-0.4, -0.2) is 9.97 Å². The second-order valence-corrected chi connectivity index (χ2v) is 5.65. The van der Waals surface area contributed by atoms with E-state index in [0.29, 0.717) is 0 Å². The van der Waals surface area contributed by atoms with Gasteiger partial charge in [-0.1, -0.05) is 48.0 Å². The molecule has 2 nitrogen and oxygen atoms in total. The minimum atomic E-state index is 0.765. The SMILES string of the molecule is Cc1ccc2nc(-c3cccc4c(Cl)cccc34)[nH]c2c1. The number of nitrogens with one attached hydrogen (secondary N) is 1. The predicted molar refractivity (Wildman–Crippen MR) is 88.8 cm³/mol. The van der Waals surface area contributed by atoms with E-state index in [4.69, 9.17) is 16.6 Å². The minimum Gasteiger partial charge on any atom is -0.338 e. The zero-order valence-corrected chi connectivity index (χ0v) is 12.3. The Morgan fingerprint density at radius 3 is 2.67 bits per heavy atom. The molecule has 0 saturated carbocycles. The first-order chi connectivity index (χ1) is 10.2. The van der Waals surface area contributed by atoms with Crippen molar-refractivity contribution in [1.82, 2.24) is 9.97 Å². The summed E-state index contributed by atoms with van der Waals surface area (Å²) in [5, 5.41) is 2.93. The molecule has 21 heavy (non-hydrogen) atoms. The Morgan fingerprint density at radius 2 is 1.76 bits per heavy atom. The van der Waals surface area contributed by atoms with Gasteiger partial charge in [0.2, 0.25) is 0 Å². The third-order valence-corrected chi connectivity index (χ3v) is 4.09. The molecule has 0 aliphatic carbocycles. The van der Waals surface area contributed by atoms with Crippen molar-refractivity contribution in [2.75, 3.05) is 0 Å². The van der Waals surface area contributed by atoms with Crippen molar-refractivity contribution in [1.29, 1.82) is 0 Å². The standard InChI is InChI=1S/C18H13ClN2/c1-11-8-9-16-17(10-11)21-18(20-16)14-6-2-5-13-12(14)4-3-7-15(13)19/h2-10H,1H3,(H,20,21). The van der Waals surface area contributed by atoms with E-state index >= 15 is 0 Å². The van der Waals surface area contributed by atoms with Gasteiger partial charge < -0.3 is 4.98 Å². The summed E-state index contributed by atoms with van der Waals surface area (Å²) in [4.78, 5) is 8.12. The molecule has 0 bridgehead atoms. The second-order valence-electron chi connectivity index (χ2n) is 5.25. The van der Waals surface area contributed by atoms with Crippen molar-refractivity contribution in [3.63, 3.8) is 0 Å². The number of aryl methyl sites for hydroxylation is 1. The molecule has 3 aromatic carbocycles. The zero-order chi connectivity index (χ0) is 14.4. The van der Waals surface area contributed by atoms with Gasteiger partial charge in [-0.05, 0) is 36.1 Å². The van der Waals surface area contributed by atoms with Crippen molar-refractivity contribution in [3.8, 4) is 11.4 Å². The van der Waals surface area contributed by atoms with Gasteiger partial charge in [0.05, 0.1) is 11.0 Å². The summed E-state index contributed by atoms with van der Waals surface area (Å²) in [6.07, 6.45) is 0. The van der Waals surface area contributed by atoms with E-state index in [9.17, 15) is 0 Å². The number of aromatic nitrogens is 2. The maximum absolute atomic E-state index is 6.29. The van der Waals surface area contributed by atoms with E-state index in [1.807, 2.05) is 30.3 Å². The first kappa shape index (κ1) is 12.4. The number of aromatic amines is 1. The van der Waals surface area contributed by atoms with Gasteiger partial charge >= 0.3 is 0 Å². The number of fused-ring (bicyclic) bond motifs is 2. The molecular formula is C18H13ClN2. The number of imidazole rings is 1. The molecule has 0 unspecified atom stereocenters. The fourth-order valence-corrected chi connectivity index (χ4v) is 2.97. The summed E-state index contributed by atoms with van der Waals surface area (Å²) < 4.78 is 0. The third-order valence-electron chi connectivity index (χ3n) is 3.76. The minimum absolute atomic E-state index is 0.765. The van der Waals surface area contributed by atoms with E-state index in [1.165, 1.54) is 5.56 Å². The lowest BCUT2D eigenvalue weighted by Gasteiger charge is -2.05. The number of halogens is 1. The molecule has 4 rings (SSSR count). The molecule has 0 amide bonds. The molecule has 0 aliphatic heterocycles. The highest BCUT2D eigenvalue weighted by Crippen LogP contribution is 2.31. The van der Waals surface area contributed by atoms with Crippen LogP contribution in [0.5, 0.6) is 0 Å². The lowest BCUT2D eigenvalue weighted by molar-refractivity contribution is 1.35. The van der Waals surface area contributed by atoms with E-state index in [1.54, 1.807) is 0 Å². The molecule has 1 N–H and O–H groups in total. The van der Waals surface area contributed by atoms with Crippen molar-refractivity contribution in [3.05, 3.63) is 65.2 Å². The number of hydrogen-bond donors (Lipinski definition) is 1. The summed E-state index contributed by atoms with van der Waals surface area (Å²) in [7, 11) is 0. The van der Waals surface area contributed by atoms with Gasteiger partial charge in [-0.15, -0.1) is 0 Å². The number of hydrogen-bond acceptors (Lipinski definition) is 1. The lowest BCUT2D eigenvalue weighted by atomic mass is 10.0. The van der Waals surface area contributed by atoms with Crippen LogP contribution in [0, 0.1) is 6.92 Å². The molecule has 0 saturated heterocycles. The second kappa shape index (κ2) is 4.61. The Hall–Kier alpha value is -2.32. The summed E-state index contributed by atoms with van der Waals surface area (Å²) in [6.45, 7) is 2.08. The maximum atomic E-state index is 6.29. The lowest BCUT2D eigenvalue weighted by Crippen LogP contribution is -1.83. The molecular weight excluding hydrogens is 280 g/mol.